The first-order valence-electron chi connectivity index (χ1n) is 7.90. The average molecular weight is 312 g/mol. The number of amides is 1. The molecule has 120 valence electrons. The highest BCUT2D eigenvalue weighted by Crippen LogP contribution is 2.24. The van der Waals surface area contributed by atoms with Gasteiger partial charge in [-0.25, -0.2) is 9.97 Å². The standard InChI is InChI=1S/C17H20N4O2/c1-12-9-20-15(11-19-12)16(22)21-10-13-5-4-8-18-17(13)23-14-6-2-3-7-14/h4-5,8-9,11,14H,2-3,6-7,10H2,1H3,(H,21,22). The molecular weight excluding hydrogens is 292 g/mol. The average Bonchev–Trinajstić information content (AvgIpc) is 3.07. The molecule has 1 aliphatic carbocycles. The highest BCUT2D eigenvalue weighted by Gasteiger charge is 2.18. The zero-order chi connectivity index (χ0) is 16.1. The molecule has 3 rings (SSSR count). The van der Waals surface area contributed by atoms with Crippen LogP contribution in [0, 0.1) is 6.92 Å². The van der Waals surface area contributed by atoms with Crippen molar-refractivity contribution in [3.8, 4) is 5.88 Å². The van der Waals surface area contributed by atoms with E-state index in [1.165, 1.54) is 19.0 Å². The third kappa shape index (κ3) is 4.03. The first kappa shape index (κ1) is 15.4. The lowest BCUT2D eigenvalue weighted by molar-refractivity contribution is 0.0945. The van der Waals surface area contributed by atoms with Gasteiger partial charge in [0.05, 0.1) is 11.9 Å². The quantitative estimate of drug-likeness (QED) is 0.917. The molecule has 23 heavy (non-hydrogen) atoms. The molecular formula is C17H20N4O2. The second-order valence-electron chi connectivity index (χ2n) is 5.72. The Balaban J connectivity index is 1.63. The minimum atomic E-state index is -0.256. The van der Waals surface area contributed by atoms with Crippen molar-refractivity contribution in [2.45, 2.75) is 45.3 Å². The lowest BCUT2D eigenvalue weighted by atomic mass is 10.2. The van der Waals surface area contributed by atoms with E-state index < -0.39 is 0 Å². The van der Waals surface area contributed by atoms with Crippen molar-refractivity contribution < 1.29 is 9.53 Å². The van der Waals surface area contributed by atoms with Gasteiger partial charge in [0.2, 0.25) is 5.88 Å². The summed E-state index contributed by atoms with van der Waals surface area (Å²) < 4.78 is 5.97. The maximum Gasteiger partial charge on any atom is 0.271 e. The van der Waals surface area contributed by atoms with Crippen molar-refractivity contribution >= 4 is 5.91 Å². The molecule has 0 aromatic carbocycles. The van der Waals surface area contributed by atoms with Crippen LogP contribution in [0.25, 0.3) is 0 Å². The number of carbonyl (C=O) groups excluding carboxylic acids is 1. The van der Waals surface area contributed by atoms with Crippen LogP contribution in [0.1, 0.15) is 47.4 Å². The van der Waals surface area contributed by atoms with Crippen molar-refractivity contribution in [3.63, 3.8) is 0 Å². The third-order valence-electron chi connectivity index (χ3n) is 3.88. The molecule has 0 bridgehead atoms. The molecule has 1 aliphatic rings. The molecule has 1 fully saturated rings. The molecule has 0 unspecified atom stereocenters. The van der Waals surface area contributed by atoms with Crippen LogP contribution in [0.3, 0.4) is 0 Å². The summed E-state index contributed by atoms with van der Waals surface area (Å²) in [5, 5.41) is 2.84. The number of nitrogens with zero attached hydrogens (tertiary/aromatic N) is 3. The summed E-state index contributed by atoms with van der Waals surface area (Å²) in [5.41, 5.74) is 1.95. The van der Waals surface area contributed by atoms with Crippen molar-refractivity contribution in [1.29, 1.82) is 0 Å². The number of carbonyl (C=O) groups is 1. The number of rotatable bonds is 5. The summed E-state index contributed by atoms with van der Waals surface area (Å²) >= 11 is 0. The first-order valence-corrected chi connectivity index (χ1v) is 7.90. The van der Waals surface area contributed by atoms with E-state index in [1.54, 1.807) is 12.4 Å². The van der Waals surface area contributed by atoms with Gasteiger partial charge in [-0.15, -0.1) is 0 Å². The predicted octanol–water partition coefficient (Wildman–Crippen LogP) is 2.43. The molecule has 0 radical (unpaired) electrons. The fourth-order valence-electron chi connectivity index (χ4n) is 2.60. The number of nitrogens with one attached hydrogen (secondary N) is 1. The highest BCUT2D eigenvalue weighted by atomic mass is 16.5. The Morgan fingerprint density at radius 1 is 1.26 bits per heavy atom. The molecule has 0 aliphatic heterocycles. The molecule has 0 atom stereocenters. The maximum atomic E-state index is 12.1. The van der Waals surface area contributed by atoms with Crippen LogP contribution >= 0.6 is 0 Å². The van der Waals surface area contributed by atoms with Gasteiger partial charge in [0, 0.05) is 24.5 Å². The Bertz CT molecular complexity index is 667. The predicted molar refractivity (Wildman–Crippen MR) is 85.1 cm³/mol. The lowest BCUT2D eigenvalue weighted by Crippen LogP contribution is -2.25. The monoisotopic (exact) mass is 312 g/mol. The highest BCUT2D eigenvalue weighted by molar-refractivity contribution is 5.91. The van der Waals surface area contributed by atoms with Gasteiger partial charge in [-0.1, -0.05) is 6.07 Å². The van der Waals surface area contributed by atoms with Gasteiger partial charge < -0.3 is 10.1 Å². The minimum absolute atomic E-state index is 0.238. The third-order valence-corrected chi connectivity index (χ3v) is 3.88. The second-order valence-corrected chi connectivity index (χ2v) is 5.72. The topological polar surface area (TPSA) is 77.0 Å². The van der Waals surface area contributed by atoms with Crippen LogP contribution in [0.5, 0.6) is 5.88 Å². The number of ether oxygens (including phenoxy) is 1. The zero-order valence-electron chi connectivity index (χ0n) is 13.2. The van der Waals surface area contributed by atoms with E-state index >= 15 is 0 Å². The Labute approximate surface area is 135 Å². The molecule has 6 nitrogen and oxygen atoms in total. The van der Waals surface area contributed by atoms with Crippen molar-refractivity contribution in [2.75, 3.05) is 0 Å². The van der Waals surface area contributed by atoms with E-state index in [4.69, 9.17) is 4.74 Å². The Kier molecular flexibility index (Phi) is 4.80. The van der Waals surface area contributed by atoms with E-state index in [2.05, 4.69) is 20.3 Å². The van der Waals surface area contributed by atoms with Gasteiger partial charge in [0.25, 0.3) is 5.91 Å². The Morgan fingerprint density at radius 3 is 2.83 bits per heavy atom. The van der Waals surface area contributed by atoms with Crippen molar-refractivity contribution in [1.82, 2.24) is 20.3 Å². The van der Waals surface area contributed by atoms with Gasteiger partial charge >= 0.3 is 0 Å². The van der Waals surface area contributed by atoms with E-state index in [1.807, 2.05) is 19.1 Å². The molecule has 0 saturated heterocycles. The van der Waals surface area contributed by atoms with Gasteiger partial charge in [0.1, 0.15) is 11.8 Å². The number of pyridine rings is 1. The summed E-state index contributed by atoms with van der Waals surface area (Å²) in [6.45, 7) is 2.18. The maximum absolute atomic E-state index is 12.1. The molecule has 2 aromatic heterocycles. The first-order chi connectivity index (χ1) is 11.2. The van der Waals surface area contributed by atoms with Gasteiger partial charge in [0.15, 0.2) is 0 Å². The van der Waals surface area contributed by atoms with Crippen LogP contribution in [0.15, 0.2) is 30.7 Å². The lowest BCUT2D eigenvalue weighted by Gasteiger charge is -2.15. The normalized spacial score (nSPS) is 14.7. The minimum Gasteiger partial charge on any atom is -0.474 e. The van der Waals surface area contributed by atoms with Crippen LogP contribution in [0.4, 0.5) is 0 Å². The molecule has 2 heterocycles. The molecule has 0 spiro atoms. The van der Waals surface area contributed by atoms with Crippen LogP contribution < -0.4 is 10.1 Å². The van der Waals surface area contributed by atoms with E-state index in [0.717, 1.165) is 24.1 Å². The number of hydrogen-bond donors (Lipinski definition) is 1. The molecule has 1 N–H and O–H groups in total. The summed E-state index contributed by atoms with van der Waals surface area (Å²) in [6.07, 6.45) is 9.55. The Morgan fingerprint density at radius 2 is 2.09 bits per heavy atom. The smallest absolute Gasteiger partial charge is 0.271 e. The summed E-state index contributed by atoms with van der Waals surface area (Å²) in [6, 6.07) is 3.76. The van der Waals surface area contributed by atoms with Gasteiger partial charge in [-0.3, -0.25) is 9.78 Å². The molecule has 6 heteroatoms. The number of hydrogen-bond acceptors (Lipinski definition) is 5. The van der Waals surface area contributed by atoms with Crippen molar-refractivity contribution in [3.05, 3.63) is 47.7 Å². The summed E-state index contributed by atoms with van der Waals surface area (Å²) in [4.78, 5) is 24.6. The SMILES string of the molecule is Cc1cnc(C(=O)NCc2cccnc2OC2CCCC2)cn1. The summed E-state index contributed by atoms with van der Waals surface area (Å²) in [5.74, 6) is 0.350. The van der Waals surface area contributed by atoms with Crippen LogP contribution in [0.2, 0.25) is 0 Å². The van der Waals surface area contributed by atoms with E-state index in [-0.39, 0.29) is 12.0 Å². The van der Waals surface area contributed by atoms with Gasteiger partial charge in [-0.2, -0.15) is 0 Å². The molecule has 1 amide bonds. The molecule has 1 saturated carbocycles. The van der Waals surface area contributed by atoms with Crippen LogP contribution in [-0.4, -0.2) is 27.0 Å². The zero-order valence-corrected chi connectivity index (χ0v) is 13.2. The number of aromatic nitrogens is 3. The van der Waals surface area contributed by atoms with Gasteiger partial charge in [-0.05, 0) is 38.7 Å². The van der Waals surface area contributed by atoms with E-state index in [9.17, 15) is 4.79 Å². The fraction of sp³-hybridized carbons (Fsp3) is 0.412. The summed E-state index contributed by atoms with van der Waals surface area (Å²) in [7, 11) is 0. The van der Waals surface area contributed by atoms with E-state index in [0.29, 0.717) is 18.1 Å². The molecule has 2 aromatic rings. The Hall–Kier alpha value is -2.50. The second kappa shape index (κ2) is 7.17. The van der Waals surface area contributed by atoms with Crippen molar-refractivity contribution in [2.24, 2.45) is 0 Å². The van der Waals surface area contributed by atoms with Crippen LogP contribution in [-0.2, 0) is 6.54 Å². The number of aryl methyl sites for hydroxylation is 1. The fourth-order valence-corrected chi connectivity index (χ4v) is 2.60. The largest absolute Gasteiger partial charge is 0.474 e.